The maximum Gasteiger partial charge on any atom is 0.253 e. The smallest absolute Gasteiger partial charge is 0.253 e. The topological polar surface area (TPSA) is 51.2 Å². The zero-order chi connectivity index (χ0) is 16.5. The fourth-order valence-electron chi connectivity index (χ4n) is 1.82. The molecule has 1 heterocycles. The van der Waals surface area contributed by atoms with E-state index in [1.807, 2.05) is 36.5 Å². The SMILES string of the molecule is C=CCO[C@@H](C)C(=O)Nc1ccc(SCc2cccnc2)cc1. The number of anilines is 1. The van der Waals surface area contributed by atoms with E-state index in [4.69, 9.17) is 4.74 Å². The normalized spacial score (nSPS) is 11.7. The summed E-state index contributed by atoms with van der Waals surface area (Å²) < 4.78 is 5.30. The molecule has 2 aromatic rings. The molecule has 0 radical (unpaired) electrons. The van der Waals surface area contributed by atoms with Gasteiger partial charge in [0.15, 0.2) is 0 Å². The Labute approximate surface area is 141 Å². The van der Waals surface area contributed by atoms with Crippen molar-refractivity contribution >= 4 is 23.4 Å². The molecule has 1 atom stereocenters. The summed E-state index contributed by atoms with van der Waals surface area (Å²) in [7, 11) is 0. The van der Waals surface area contributed by atoms with Crippen molar-refractivity contribution in [2.75, 3.05) is 11.9 Å². The number of amides is 1. The quantitative estimate of drug-likeness (QED) is 0.590. The van der Waals surface area contributed by atoms with Crippen LogP contribution in [0.25, 0.3) is 0 Å². The minimum Gasteiger partial charge on any atom is -0.365 e. The molecule has 0 aliphatic rings. The maximum absolute atomic E-state index is 11.9. The average Bonchev–Trinajstić information content (AvgIpc) is 2.60. The second-order valence-electron chi connectivity index (χ2n) is 4.93. The van der Waals surface area contributed by atoms with Gasteiger partial charge < -0.3 is 10.1 Å². The Hall–Kier alpha value is -2.11. The highest BCUT2D eigenvalue weighted by atomic mass is 32.2. The van der Waals surface area contributed by atoms with Gasteiger partial charge >= 0.3 is 0 Å². The van der Waals surface area contributed by atoms with Gasteiger partial charge in [0.25, 0.3) is 5.91 Å². The Morgan fingerprint density at radius 3 is 2.83 bits per heavy atom. The number of benzene rings is 1. The monoisotopic (exact) mass is 328 g/mol. The zero-order valence-corrected chi connectivity index (χ0v) is 13.9. The number of nitrogens with one attached hydrogen (secondary N) is 1. The van der Waals surface area contributed by atoms with E-state index in [-0.39, 0.29) is 5.91 Å². The number of nitrogens with zero attached hydrogens (tertiary/aromatic N) is 1. The van der Waals surface area contributed by atoms with E-state index in [2.05, 4.69) is 22.9 Å². The van der Waals surface area contributed by atoms with Crippen molar-refractivity contribution < 1.29 is 9.53 Å². The van der Waals surface area contributed by atoms with Crippen LogP contribution in [0.1, 0.15) is 12.5 Å². The number of rotatable bonds is 8. The Morgan fingerprint density at radius 2 is 2.17 bits per heavy atom. The fraction of sp³-hybridized carbons (Fsp3) is 0.222. The summed E-state index contributed by atoms with van der Waals surface area (Å²) in [6, 6.07) is 11.8. The molecule has 1 N–H and O–H groups in total. The summed E-state index contributed by atoms with van der Waals surface area (Å²) in [4.78, 5) is 17.2. The Balaban J connectivity index is 1.84. The molecule has 0 aliphatic heterocycles. The van der Waals surface area contributed by atoms with Gasteiger partial charge in [-0.3, -0.25) is 9.78 Å². The molecule has 1 aromatic heterocycles. The van der Waals surface area contributed by atoms with Gasteiger partial charge in [-0.15, -0.1) is 18.3 Å². The summed E-state index contributed by atoms with van der Waals surface area (Å²) in [5.74, 6) is 0.703. The number of thioether (sulfide) groups is 1. The van der Waals surface area contributed by atoms with Crippen LogP contribution in [0.2, 0.25) is 0 Å². The minimum absolute atomic E-state index is 0.164. The Kier molecular flexibility index (Phi) is 6.84. The van der Waals surface area contributed by atoms with E-state index in [1.54, 1.807) is 31.0 Å². The molecule has 120 valence electrons. The molecular weight excluding hydrogens is 308 g/mol. The first-order valence-electron chi connectivity index (χ1n) is 7.34. The molecule has 0 fully saturated rings. The molecule has 0 aliphatic carbocycles. The number of aromatic nitrogens is 1. The summed E-state index contributed by atoms with van der Waals surface area (Å²) in [5, 5.41) is 2.83. The van der Waals surface area contributed by atoms with E-state index >= 15 is 0 Å². The first-order chi connectivity index (χ1) is 11.2. The summed E-state index contributed by atoms with van der Waals surface area (Å²) in [6.45, 7) is 5.64. The van der Waals surface area contributed by atoms with Crippen LogP contribution < -0.4 is 5.32 Å². The lowest BCUT2D eigenvalue weighted by Gasteiger charge is -2.12. The molecule has 0 saturated heterocycles. The third kappa shape index (κ3) is 5.88. The predicted octanol–water partition coefficient (Wildman–Crippen LogP) is 3.90. The maximum atomic E-state index is 11.9. The lowest BCUT2D eigenvalue weighted by molar-refractivity contribution is -0.125. The molecule has 0 bridgehead atoms. The number of carbonyl (C=O) groups excluding carboxylic acids is 1. The molecule has 2 rings (SSSR count). The lowest BCUT2D eigenvalue weighted by Crippen LogP contribution is -2.27. The molecule has 5 heteroatoms. The van der Waals surface area contributed by atoms with Gasteiger partial charge in [-0.1, -0.05) is 12.1 Å². The summed E-state index contributed by atoms with van der Waals surface area (Å²) in [5.41, 5.74) is 1.94. The summed E-state index contributed by atoms with van der Waals surface area (Å²) in [6.07, 6.45) is 4.75. The van der Waals surface area contributed by atoms with Crippen LogP contribution >= 0.6 is 11.8 Å². The van der Waals surface area contributed by atoms with E-state index in [1.165, 1.54) is 5.56 Å². The molecule has 1 amide bonds. The third-order valence-electron chi connectivity index (χ3n) is 3.08. The van der Waals surface area contributed by atoms with E-state index in [9.17, 15) is 4.79 Å². The van der Waals surface area contributed by atoms with Gasteiger partial charge in [-0.2, -0.15) is 0 Å². The minimum atomic E-state index is -0.507. The van der Waals surface area contributed by atoms with Gasteiger partial charge in [-0.25, -0.2) is 0 Å². The van der Waals surface area contributed by atoms with Crippen molar-refractivity contribution in [3.8, 4) is 0 Å². The number of hydrogen-bond acceptors (Lipinski definition) is 4. The van der Waals surface area contributed by atoms with E-state index in [0.717, 1.165) is 16.3 Å². The van der Waals surface area contributed by atoms with Gasteiger partial charge in [-0.05, 0) is 42.8 Å². The fourth-order valence-corrected chi connectivity index (χ4v) is 2.65. The number of ether oxygens (including phenoxy) is 1. The van der Waals surface area contributed by atoms with Crippen LogP contribution in [0.5, 0.6) is 0 Å². The predicted molar refractivity (Wildman–Crippen MR) is 94.5 cm³/mol. The van der Waals surface area contributed by atoms with E-state index < -0.39 is 6.10 Å². The molecule has 0 unspecified atom stereocenters. The van der Waals surface area contributed by atoms with Crippen LogP contribution in [0.3, 0.4) is 0 Å². The molecule has 0 saturated carbocycles. The largest absolute Gasteiger partial charge is 0.365 e. The van der Waals surface area contributed by atoms with Gasteiger partial charge in [0, 0.05) is 28.7 Å². The van der Waals surface area contributed by atoms with Crippen molar-refractivity contribution in [3.05, 3.63) is 67.0 Å². The average molecular weight is 328 g/mol. The van der Waals surface area contributed by atoms with Crippen LogP contribution in [0.15, 0.2) is 66.3 Å². The number of hydrogen-bond donors (Lipinski definition) is 1. The van der Waals surface area contributed by atoms with Crippen molar-refractivity contribution in [2.24, 2.45) is 0 Å². The lowest BCUT2D eigenvalue weighted by atomic mass is 10.3. The van der Waals surface area contributed by atoms with Gasteiger partial charge in [0.2, 0.25) is 0 Å². The first-order valence-corrected chi connectivity index (χ1v) is 8.32. The third-order valence-corrected chi connectivity index (χ3v) is 4.17. The van der Waals surface area contributed by atoms with Crippen molar-refractivity contribution in [1.29, 1.82) is 0 Å². The van der Waals surface area contributed by atoms with Crippen molar-refractivity contribution in [2.45, 2.75) is 23.7 Å². The highest BCUT2D eigenvalue weighted by Gasteiger charge is 2.12. The first kappa shape index (κ1) is 17.2. The second kappa shape index (κ2) is 9.12. The van der Waals surface area contributed by atoms with Crippen LogP contribution in [-0.4, -0.2) is 23.6 Å². The van der Waals surface area contributed by atoms with Crippen molar-refractivity contribution in [3.63, 3.8) is 0 Å². The molecule has 23 heavy (non-hydrogen) atoms. The molecule has 0 spiro atoms. The van der Waals surface area contributed by atoms with Gasteiger partial charge in [0.1, 0.15) is 6.10 Å². The van der Waals surface area contributed by atoms with Crippen molar-refractivity contribution in [1.82, 2.24) is 4.98 Å². The summed E-state index contributed by atoms with van der Waals surface area (Å²) >= 11 is 1.73. The molecular formula is C18H20N2O2S. The standard InChI is InChI=1S/C18H20N2O2S/c1-3-11-22-14(2)18(21)20-16-6-8-17(9-7-16)23-13-15-5-4-10-19-12-15/h3-10,12,14H,1,11,13H2,2H3,(H,20,21)/t14-/m0/s1. The van der Waals surface area contributed by atoms with Gasteiger partial charge in [0.05, 0.1) is 6.61 Å². The number of pyridine rings is 1. The highest BCUT2D eigenvalue weighted by Crippen LogP contribution is 2.24. The Bertz CT molecular complexity index is 629. The number of carbonyl (C=O) groups is 1. The molecule has 4 nitrogen and oxygen atoms in total. The Morgan fingerprint density at radius 1 is 1.39 bits per heavy atom. The second-order valence-corrected chi connectivity index (χ2v) is 5.98. The molecule has 1 aromatic carbocycles. The van der Waals surface area contributed by atoms with E-state index in [0.29, 0.717) is 6.61 Å². The van der Waals surface area contributed by atoms with Crippen LogP contribution in [-0.2, 0) is 15.3 Å². The zero-order valence-electron chi connectivity index (χ0n) is 13.1. The van der Waals surface area contributed by atoms with Crippen LogP contribution in [0, 0.1) is 0 Å². The van der Waals surface area contributed by atoms with Crippen LogP contribution in [0.4, 0.5) is 5.69 Å². The highest BCUT2D eigenvalue weighted by molar-refractivity contribution is 7.98.